The Kier molecular flexibility index (Phi) is 4.34. The van der Waals surface area contributed by atoms with E-state index in [-0.39, 0.29) is 11.7 Å². The van der Waals surface area contributed by atoms with Gasteiger partial charge in [0.15, 0.2) is 5.69 Å². The third kappa shape index (κ3) is 3.46. The number of carbonyl (C=O) groups is 1. The molecule has 0 atom stereocenters. The molecule has 0 fully saturated rings. The van der Waals surface area contributed by atoms with Crippen molar-refractivity contribution in [1.29, 1.82) is 0 Å². The molecular weight excluding hydrogens is 341 g/mol. The molecule has 2 aromatic heterocycles. The van der Waals surface area contributed by atoms with Gasteiger partial charge in [0.1, 0.15) is 0 Å². The normalized spacial score (nSPS) is 11.5. The molecule has 3 rings (SSSR count). The van der Waals surface area contributed by atoms with Gasteiger partial charge in [0, 0.05) is 24.3 Å². The number of benzene rings is 1. The molecule has 0 aliphatic carbocycles. The Labute approximate surface area is 138 Å². The summed E-state index contributed by atoms with van der Waals surface area (Å²) in [5.41, 5.74) is -0.983. The number of alkyl halides is 3. The Bertz CT molecular complexity index is 828. The van der Waals surface area contributed by atoms with E-state index in [1.54, 1.807) is 29.6 Å². The molecule has 0 saturated heterocycles. The van der Waals surface area contributed by atoms with Crippen molar-refractivity contribution in [2.75, 3.05) is 0 Å². The largest absolute Gasteiger partial charge is 0.435 e. The second-order valence-corrected chi connectivity index (χ2v) is 5.69. The van der Waals surface area contributed by atoms with E-state index < -0.39 is 23.3 Å². The number of nitrogens with one attached hydrogen (secondary N) is 1. The van der Waals surface area contributed by atoms with Gasteiger partial charge in [-0.25, -0.2) is 9.67 Å². The average molecular weight is 352 g/mol. The summed E-state index contributed by atoms with van der Waals surface area (Å²) < 4.78 is 40.4. The summed E-state index contributed by atoms with van der Waals surface area (Å²) in [5.74, 6) is -0.839. The number of hydrogen-bond acceptors (Lipinski definition) is 4. The minimum absolute atomic E-state index is 0.124. The second-order valence-electron chi connectivity index (χ2n) is 4.82. The van der Waals surface area contributed by atoms with E-state index in [2.05, 4.69) is 15.4 Å². The van der Waals surface area contributed by atoms with Crippen LogP contribution in [0.2, 0.25) is 0 Å². The molecule has 1 amide bonds. The molecule has 1 N–H and O–H groups in total. The van der Waals surface area contributed by atoms with Crippen LogP contribution in [0.4, 0.5) is 13.2 Å². The third-order valence-corrected chi connectivity index (χ3v) is 3.90. The van der Waals surface area contributed by atoms with Gasteiger partial charge < -0.3 is 5.32 Å². The Morgan fingerprint density at radius 3 is 2.62 bits per heavy atom. The van der Waals surface area contributed by atoms with Gasteiger partial charge in [-0.2, -0.15) is 18.3 Å². The summed E-state index contributed by atoms with van der Waals surface area (Å²) in [6, 6.07) is 8.91. The smallest absolute Gasteiger partial charge is 0.348 e. The number of halogens is 3. The van der Waals surface area contributed by atoms with Crippen LogP contribution in [0.5, 0.6) is 0 Å². The molecule has 0 aliphatic heterocycles. The highest BCUT2D eigenvalue weighted by Crippen LogP contribution is 2.31. The van der Waals surface area contributed by atoms with Crippen molar-refractivity contribution in [2.45, 2.75) is 12.7 Å². The number of rotatable bonds is 4. The van der Waals surface area contributed by atoms with Crippen molar-refractivity contribution < 1.29 is 18.0 Å². The zero-order valence-corrected chi connectivity index (χ0v) is 12.9. The maximum Gasteiger partial charge on any atom is 0.435 e. The molecule has 0 saturated carbocycles. The van der Waals surface area contributed by atoms with Gasteiger partial charge in [0.05, 0.1) is 5.56 Å². The first kappa shape index (κ1) is 16.2. The standard InChI is InChI=1S/C15H11F3N4OS/c16-15(17,18)12-11(9-22(21-12)14-19-6-7-24-14)13(23)20-8-10-4-2-1-3-5-10/h1-7,9H,8H2,(H,20,23). The number of aromatic nitrogens is 3. The summed E-state index contributed by atoms with van der Waals surface area (Å²) >= 11 is 1.12. The van der Waals surface area contributed by atoms with Gasteiger partial charge in [-0.05, 0) is 5.56 Å². The van der Waals surface area contributed by atoms with Crippen molar-refractivity contribution >= 4 is 17.2 Å². The highest BCUT2D eigenvalue weighted by molar-refractivity contribution is 7.12. The summed E-state index contributed by atoms with van der Waals surface area (Å²) in [5, 5.41) is 7.82. The fourth-order valence-corrected chi connectivity index (χ4v) is 2.62. The highest BCUT2D eigenvalue weighted by Gasteiger charge is 2.39. The SMILES string of the molecule is O=C(NCc1ccccc1)c1cn(-c2nccs2)nc1C(F)(F)F. The van der Waals surface area contributed by atoms with Crippen molar-refractivity contribution in [2.24, 2.45) is 0 Å². The lowest BCUT2D eigenvalue weighted by Crippen LogP contribution is -2.25. The monoisotopic (exact) mass is 352 g/mol. The van der Waals surface area contributed by atoms with Crippen molar-refractivity contribution in [3.63, 3.8) is 0 Å². The molecule has 0 unspecified atom stereocenters. The molecule has 24 heavy (non-hydrogen) atoms. The molecule has 0 spiro atoms. The fourth-order valence-electron chi connectivity index (χ4n) is 2.05. The second kappa shape index (κ2) is 6.44. The third-order valence-electron chi connectivity index (χ3n) is 3.14. The predicted molar refractivity (Wildman–Crippen MR) is 81.9 cm³/mol. The van der Waals surface area contributed by atoms with Crippen LogP contribution in [0.25, 0.3) is 5.13 Å². The van der Waals surface area contributed by atoms with E-state index in [4.69, 9.17) is 0 Å². The molecule has 5 nitrogen and oxygen atoms in total. The maximum absolute atomic E-state index is 13.2. The van der Waals surface area contributed by atoms with Gasteiger partial charge >= 0.3 is 6.18 Å². The van der Waals surface area contributed by atoms with Crippen LogP contribution in [-0.2, 0) is 12.7 Å². The summed E-state index contributed by atoms with van der Waals surface area (Å²) in [6.45, 7) is 0.124. The maximum atomic E-state index is 13.2. The molecule has 3 aromatic rings. The van der Waals surface area contributed by atoms with Crippen LogP contribution in [0, 0.1) is 0 Å². The highest BCUT2D eigenvalue weighted by atomic mass is 32.1. The lowest BCUT2D eigenvalue weighted by atomic mass is 10.2. The summed E-state index contributed by atoms with van der Waals surface area (Å²) in [4.78, 5) is 16.1. The Morgan fingerprint density at radius 1 is 1.25 bits per heavy atom. The molecule has 0 radical (unpaired) electrons. The van der Waals surface area contributed by atoms with E-state index >= 15 is 0 Å². The van der Waals surface area contributed by atoms with Crippen molar-refractivity contribution in [3.05, 3.63) is 64.9 Å². The van der Waals surface area contributed by atoms with E-state index in [0.717, 1.165) is 27.8 Å². The molecule has 2 heterocycles. The number of thiazole rings is 1. The van der Waals surface area contributed by atoms with E-state index in [1.807, 2.05) is 6.07 Å². The van der Waals surface area contributed by atoms with Gasteiger partial charge in [-0.3, -0.25) is 4.79 Å². The molecule has 124 valence electrons. The lowest BCUT2D eigenvalue weighted by molar-refractivity contribution is -0.141. The Hall–Kier alpha value is -2.68. The van der Waals surface area contributed by atoms with Crippen LogP contribution in [0.15, 0.2) is 48.1 Å². The van der Waals surface area contributed by atoms with Crippen LogP contribution in [-0.4, -0.2) is 20.7 Å². The number of amides is 1. The molecule has 0 aliphatic rings. The first-order chi connectivity index (χ1) is 11.4. The van der Waals surface area contributed by atoms with Gasteiger partial charge in [-0.15, -0.1) is 11.3 Å². The number of carbonyl (C=O) groups excluding carboxylic acids is 1. The van der Waals surface area contributed by atoms with Gasteiger partial charge in [0.25, 0.3) is 5.91 Å². The molecule has 0 bridgehead atoms. The zero-order chi connectivity index (χ0) is 17.2. The Balaban J connectivity index is 1.86. The van der Waals surface area contributed by atoms with E-state index in [1.165, 1.54) is 6.20 Å². The first-order valence-electron chi connectivity index (χ1n) is 6.84. The van der Waals surface area contributed by atoms with Crippen LogP contribution in [0.3, 0.4) is 0 Å². The summed E-state index contributed by atoms with van der Waals surface area (Å²) in [7, 11) is 0. The van der Waals surface area contributed by atoms with Gasteiger partial charge in [0.2, 0.25) is 5.13 Å². The molecular formula is C15H11F3N4OS. The van der Waals surface area contributed by atoms with Crippen LogP contribution in [0.1, 0.15) is 21.6 Å². The van der Waals surface area contributed by atoms with E-state index in [0.29, 0.717) is 0 Å². The topological polar surface area (TPSA) is 59.8 Å². The fraction of sp³-hybridized carbons (Fsp3) is 0.133. The molecule has 1 aromatic carbocycles. The lowest BCUT2D eigenvalue weighted by Gasteiger charge is -2.07. The molecule has 9 heteroatoms. The Morgan fingerprint density at radius 2 is 2.00 bits per heavy atom. The zero-order valence-electron chi connectivity index (χ0n) is 12.1. The van der Waals surface area contributed by atoms with Gasteiger partial charge in [-0.1, -0.05) is 30.3 Å². The quantitative estimate of drug-likeness (QED) is 0.784. The first-order valence-corrected chi connectivity index (χ1v) is 7.72. The van der Waals surface area contributed by atoms with E-state index in [9.17, 15) is 18.0 Å². The minimum atomic E-state index is -4.73. The predicted octanol–water partition coefficient (Wildman–Crippen LogP) is 3.28. The summed E-state index contributed by atoms with van der Waals surface area (Å²) in [6.07, 6.45) is -2.24. The number of nitrogens with zero attached hydrogens (tertiary/aromatic N) is 3. The van der Waals surface area contributed by atoms with Crippen LogP contribution < -0.4 is 5.32 Å². The van der Waals surface area contributed by atoms with Crippen molar-refractivity contribution in [3.8, 4) is 5.13 Å². The minimum Gasteiger partial charge on any atom is -0.348 e. The van der Waals surface area contributed by atoms with Crippen LogP contribution >= 0.6 is 11.3 Å². The number of hydrogen-bond donors (Lipinski definition) is 1. The average Bonchev–Trinajstić information content (AvgIpc) is 3.21. The van der Waals surface area contributed by atoms with Crippen molar-refractivity contribution in [1.82, 2.24) is 20.1 Å².